The lowest BCUT2D eigenvalue weighted by molar-refractivity contribution is 0.654. The molecule has 0 aliphatic heterocycles. The highest BCUT2D eigenvalue weighted by molar-refractivity contribution is 7.40. The van der Waals surface area contributed by atoms with Gasteiger partial charge in [0.15, 0.2) is 0 Å². The molecule has 2 nitrogen and oxygen atoms in total. The number of aromatic nitrogens is 1. The van der Waals surface area contributed by atoms with Crippen LogP contribution in [0, 0.1) is 0 Å². The topological polar surface area (TPSA) is 33.1 Å². The van der Waals surface area contributed by atoms with E-state index in [0.29, 0.717) is 0 Å². The summed E-state index contributed by atoms with van der Waals surface area (Å²) >= 11 is 0. The van der Waals surface area contributed by atoms with Crippen molar-refractivity contribution in [2.45, 2.75) is 0 Å². The summed E-state index contributed by atoms with van der Waals surface area (Å²) in [5.74, 6) is 0. The van der Waals surface area contributed by atoms with Gasteiger partial charge in [0.2, 0.25) is 0 Å². The van der Waals surface area contributed by atoms with E-state index >= 15 is 0 Å². The van der Waals surface area contributed by atoms with E-state index in [9.17, 15) is 0 Å². The van der Waals surface area contributed by atoms with Gasteiger partial charge in [-0.15, -0.1) is 0 Å². The van der Waals surface area contributed by atoms with Crippen molar-refractivity contribution in [1.29, 1.82) is 0 Å². The second kappa shape index (κ2) is 2.75. The third-order valence-corrected chi connectivity index (χ3v) is 1.30. The Balaban J connectivity index is 2.83. The number of hydrogen-bond donors (Lipinski definition) is 1. The van der Waals surface area contributed by atoms with Crippen LogP contribution in [-0.4, -0.2) is 9.88 Å². The minimum Gasteiger partial charge on any atom is -0.371 e. The highest BCUT2D eigenvalue weighted by atomic mass is 31.1. The standard InChI is InChI=1S/C5H6NOP/c7-8-5-3-1-2-4-6-5/h1-4,7-8H. The first-order valence-corrected chi connectivity index (χ1v) is 3.19. The lowest BCUT2D eigenvalue weighted by atomic mass is 10.5. The SMILES string of the molecule is OPc1ccccn1. The lowest BCUT2D eigenvalue weighted by Crippen LogP contribution is -1.96. The molecule has 42 valence electrons. The van der Waals surface area contributed by atoms with Crippen molar-refractivity contribution in [2.24, 2.45) is 0 Å². The molecular weight excluding hydrogens is 121 g/mol. The zero-order chi connectivity index (χ0) is 5.82. The predicted octanol–water partition coefficient (Wildman–Crippen LogP) is 0.293. The van der Waals surface area contributed by atoms with Crippen LogP contribution in [0.2, 0.25) is 0 Å². The van der Waals surface area contributed by atoms with Gasteiger partial charge in [0.1, 0.15) is 0 Å². The first-order chi connectivity index (χ1) is 3.93. The van der Waals surface area contributed by atoms with Gasteiger partial charge in [0, 0.05) is 6.20 Å². The third kappa shape index (κ3) is 1.25. The summed E-state index contributed by atoms with van der Waals surface area (Å²) in [5.41, 5.74) is 0.743. The van der Waals surface area contributed by atoms with Crippen LogP contribution in [0.5, 0.6) is 0 Å². The second-order valence-electron chi connectivity index (χ2n) is 1.33. The molecule has 0 radical (unpaired) electrons. The molecule has 3 heteroatoms. The van der Waals surface area contributed by atoms with E-state index < -0.39 is 0 Å². The minimum atomic E-state index is -0.181. The fourth-order valence-electron chi connectivity index (χ4n) is 0.429. The molecule has 0 aliphatic carbocycles. The first-order valence-electron chi connectivity index (χ1n) is 2.24. The van der Waals surface area contributed by atoms with Crippen molar-refractivity contribution in [3.05, 3.63) is 24.4 Å². The number of nitrogens with zero attached hydrogens (tertiary/aromatic N) is 1. The predicted molar refractivity (Wildman–Crippen MR) is 34.4 cm³/mol. The molecule has 0 spiro atoms. The van der Waals surface area contributed by atoms with Gasteiger partial charge in [-0.05, 0) is 12.1 Å². The van der Waals surface area contributed by atoms with Crippen LogP contribution in [0.4, 0.5) is 0 Å². The average molecular weight is 127 g/mol. The van der Waals surface area contributed by atoms with Gasteiger partial charge >= 0.3 is 0 Å². The van der Waals surface area contributed by atoms with Crippen LogP contribution in [0.1, 0.15) is 0 Å². The largest absolute Gasteiger partial charge is 0.371 e. The molecular formula is C5H6NOP. The van der Waals surface area contributed by atoms with Crippen molar-refractivity contribution < 1.29 is 4.89 Å². The Bertz CT molecular complexity index is 154. The minimum absolute atomic E-state index is 0.181. The Morgan fingerprint density at radius 3 is 2.75 bits per heavy atom. The van der Waals surface area contributed by atoms with E-state index in [1.54, 1.807) is 12.3 Å². The van der Waals surface area contributed by atoms with E-state index in [4.69, 9.17) is 4.89 Å². The van der Waals surface area contributed by atoms with Crippen molar-refractivity contribution >= 4 is 14.2 Å². The smallest absolute Gasteiger partial charge is 0.0872 e. The number of pyridine rings is 1. The molecule has 1 aromatic rings. The van der Waals surface area contributed by atoms with Gasteiger partial charge in [-0.2, -0.15) is 0 Å². The van der Waals surface area contributed by atoms with Crippen LogP contribution in [-0.2, 0) is 0 Å². The van der Waals surface area contributed by atoms with Crippen LogP contribution in [0.15, 0.2) is 24.4 Å². The molecule has 0 saturated carbocycles. The Hall–Kier alpha value is -0.460. The summed E-state index contributed by atoms with van der Waals surface area (Å²) < 4.78 is 0. The Kier molecular flexibility index (Phi) is 1.95. The zero-order valence-electron chi connectivity index (χ0n) is 4.20. The van der Waals surface area contributed by atoms with Gasteiger partial charge in [0.05, 0.1) is 14.2 Å². The summed E-state index contributed by atoms with van der Waals surface area (Å²) in [6.45, 7) is 0. The van der Waals surface area contributed by atoms with Gasteiger partial charge in [0.25, 0.3) is 0 Å². The Morgan fingerprint density at radius 1 is 1.50 bits per heavy atom. The first kappa shape index (κ1) is 5.67. The maximum atomic E-state index is 8.50. The van der Waals surface area contributed by atoms with E-state index in [1.165, 1.54) is 0 Å². The van der Waals surface area contributed by atoms with Crippen molar-refractivity contribution in [2.75, 3.05) is 0 Å². The van der Waals surface area contributed by atoms with Gasteiger partial charge < -0.3 is 4.89 Å². The molecule has 1 rings (SSSR count). The van der Waals surface area contributed by atoms with Crippen molar-refractivity contribution in [3.63, 3.8) is 0 Å². The Labute approximate surface area is 49.4 Å². The van der Waals surface area contributed by atoms with Gasteiger partial charge in [-0.3, -0.25) is 4.98 Å². The van der Waals surface area contributed by atoms with Crippen molar-refractivity contribution in [1.82, 2.24) is 4.98 Å². The zero-order valence-corrected chi connectivity index (χ0v) is 5.20. The van der Waals surface area contributed by atoms with Crippen molar-refractivity contribution in [3.8, 4) is 0 Å². The van der Waals surface area contributed by atoms with E-state index in [2.05, 4.69) is 4.98 Å². The Morgan fingerprint density at radius 2 is 2.38 bits per heavy atom. The molecule has 0 aliphatic rings. The fourth-order valence-corrected chi connectivity index (χ4v) is 0.732. The molecule has 0 fully saturated rings. The molecule has 1 unspecified atom stereocenters. The highest BCUT2D eigenvalue weighted by Gasteiger charge is 1.83. The van der Waals surface area contributed by atoms with E-state index in [-0.39, 0.29) is 8.81 Å². The lowest BCUT2D eigenvalue weighted by Gasteiger charge is -1.87. The van der Waals surface area contributed by atoms with Crippen LogP contribution >= 0.6 is 8.81 Å². The molecule has 0 amide bonds. The molecule has 1 heterocycles. The quantitative estimate of drug-likeness (QED) is 0.550. The normalized spacial score (nSPS) is 10.6. The molecule has 1 aromatic heterocycles. The van der Waals surface area contributed by atoms with Crippen LogP contribution < -0.4 is 5.44 Å². The highest BCUT2D eigenvalue weighted by Crippen LogP contribution is 1.96. The second-order valence-corrected chi connectivity index (χ2v) is 2.06. The molecule has 1 atom stereocenters. The third-order valence-electron chi connectivity index (χ3n) is 0.779. The molecule has 0 aromatic carbocycles. The molecule has 0 saturated heterocycles. The summed E-state index contributed by atoms with van der Waals surface area (Å²) in [4.78, 5) is 12.4. The van der Waals surface area contributed by atoms with E-state index in [0.717, 1.165) is 5.44 Å². The number of hydrogen-bond acceptors (Lipinski definition) is 2. The van der Waals surface area contributed by atoms with E-state index in [1.807, 2.05) is 12.1 Å². The maximum Gasteiger partial charge on any atom is 0.0872 e. The molecule has 0 bridgehead atoms. The maximum absolute atomic E-state index is 8.50. The van der Waals surface area contributed by atoms with Gasteiger partial charge in [-0.25, -0.2) is 0 Å². The number of rotatable bonds is 1. The van der Waals surface area contributed by atoms with Crippen LogP contribution in [0.3, 0.4) is 0 Å². The molecule has 8 heavy (non-hydrogen) atoms. The van der Waals surface area contributed by atoms with Crippen LogP contribution in [0.25, 0.3) is 0 Å². The van der Waals surface area contributed by atoms with Gasteiger partial charge in [-0.1, -0.05) is 6.07 Å². The monoisotopic (exact) mass is 127 g/mol. The summed E-state index contributed by atoms with van der Waals surface area (Å²) in [5, 5.41) is 0. The average Bonchev–Trinajstić information content (AvgIpc) is 1.90. The summed E-state index contributed by atoms with van der Waals surface area (Å²) in [7, 11) is -0.181. The molecule has 1 N–H and O–H groups in total. The summed E-state index contributed by atoms with van der Waals surface area (Å²) in [6.07, 6.45) is 1.67. The summed E-state index contributed by atoms with van der Waals surface area (Å²) in [6, 6.07) is 5.47. The fraction of sp³-hybridized carbons (Fsp3) is 0.